The van der Waals surface area contributed by atoms with Gasteiger partial charge in [0.25, 0.3) is 0 Å². The van der Waals surface area contributed by atoms with Crippen LogP contribution in [0.25, 0.3) is 0 Å². The summed E-state index contributed by atoms with van der Waals surface area (Å²) in [5.74, 6) is -0.176. The van der Waals surface area contributed by atoms with Gasteiger partial charge in [-0.1, -0.05) is 6.92 Å². The molecule has 1 rings (SSSR count). The third-order valence-corrected chi connectivity index (χ3v) is 4.43. The van der Waals surface area contributed by atoms with Crippen LogP contribution in [-0.2, 0) is 9.84 Å². The summed E-state index contributed by atoms with van der Waals surface area (Å²) in [6, 6.07) is 0. The molecule has 0 bridgehead atoms. The number of alkyl halides is 1. The maximum Gasteiger partial charge on any atom is 0.314 e. The third-order valence-electron chi connectivity index (χ3n) is 1.71. The zero-order valence-corrected chi connectivity index (χ0v) is 9.89. The molecule has 1 unspecified atom stereocenters. The number of hydrogen-bond acceptors (Lipinski definition) is 6. The first-order chi connectivity index (χ1) is 7.45. The molecule has 0 spiro atoms. The van der Waals surface area contributed by atoms with Gasteiger partial charge >= 0.3 is 6.08 Å². The minimum Gasteiger partial charge on any atom is -0.351 e. The normalized spacial score (nSPS) is 13.4. The van der Waals surface area contributed by atoms with Crippen LogP contribution in [0.2, 0.25) is 0 Å². The molecule has 9 heteroatoms. The highest BCUT2D eigenvalue weighted by atomic mass is 35.5. The van der Waals surface area contributed by atoms with Gasteiger partial charge in [0.1, 0.15) is 0 Å². The van der Waals surface area contributed by atoms with E-state index in [0.29, 0.717) is 0 Å². The van der Waals surface area contributed by atoms with Crippen LogP contribution in [-0.4, -0.2) is 40.4 Å². The highest BCUT2D eigenvalue weighted by molar-refractivity contribution is 7.93. The summed E-state index contributed by atoms with van der Waals surface area (Å²) in [4.78, 5) is 9.76. The van der Waals surface area contributed by atoms with Gasteiger partial charge in [-0.05, 0) is 0 Å². The molecular formula is C7H9ClFN4O2S. The molecular weight excluding hydrogens is 259 g/mol. The minimum atomic E-state index is -3.35. The van der Waals surface area contributed by atoms with Crippen LogP contribution in [0.1, 0.15) is 6.92 Å². The molecule has 0 aliphatic carbocycles. The molecule has 1 N–H and O–H groups in total. The first-order valence-electron chi connectivity index (χ1n) is 4.33. The van der Waals surface area contributed by atoms with E-state index in [4.69, 9.17) is 11.6 Å². The number of rotatable bonds is 5. The molecule has 16 heavy (non-hydrogen) atoms. The number of anilines is 1. The van der Waals surface area contributed by atoms with Crippen LogP contribution in [0.5, 0.6) is 0 Å². The predicted octanol–water partition coefficient (Wildman–Crippen LogP) is 0.222. The van der Waals surface area contributed by atoms with Crippen molar-refractivity contribution in [2.24, 2.45) is 0 Å². The zero-order valence-electron chi connectivity index (χ0n) is 8.31. The summed E-state index contributed by atoms with van der Waals surface area (Å²) < 4.78 is 34.0. The summed E-state index contributed by atoms with van der Waals surface area (Å²) in [7, 11) is -3.35. The van der Waals surface area contributed by atoms with Crippen LogP contribution in [0, 0.1) is 12.4 Å². The predicted molar refractivity (Wildman–Crippen MR) is 56.2 cm³/mol. The van der Waals surface area contributed by atoms with Gasteiger partial charge in [0.15, 0.2) is 14.5 Å². The fourth-order valence-corrected chi connectivity index (χ4v) is 1.96. The Morgan fingerprint density at radius 2 is 2.25 bits per heavy atom. The van der Waals surface area contributed by atoms with Crippen molar-refractivity contribution in [3.63, 3.8) is 0 Å². The average molecular weight is 268 g/mol. The van der Waals surface area contributed by atoms with E-state index < -0.39 is 20.6 Å². The molecule has 0 fully saturated rings. The lowest BCUT2D eigenvalue weighted by Crippen LogP contribution is -2.26. The number of nitrogens with zero attached hydrogens (tertiary/aromatic N) is 3. The first kappa shape index (κ1) is 13.0. The van der Waals surface area contributed by atoms with Crippen molar-refractivity contribution in [3.8, 4) is 0 Å². The van der Waals surface area contributed by atoms with E-state index in [1.807, 2.05) is 6.33 Å². The van der Waals surface area contributed by atoms with Crippen LogP contribution in [0.15, 0.2) is 0 Å². The second kappa shape index (κ2) is 5.35. The van der Waals surface area contributed by atoms with Crippen molar-refractivity contribution in [2.45, 2.75) is 11.6 Å². The zero-order chi connectivity index (χ0) is 12.2. The average Bonchev–Trinajstić information content (AvgIpc) is 2.26. The molecule has 1 aromatic rings. The number of halogens is 2. The second-order valence-electron chi connectivity index (χ2n) is 2.77. The topological polar surface area (TPSA) is 84.8 Å². The van der Waals surface area contributed by atoms with Crippen molar-refractivity contribution in [3.05, 3.63) is 12.4 Å². The number of aromatic nitrogens is 3. The lowest BCUT2D eigenvalue weighted by atomic mass is 10.7. The molecule has 1 radical (unpaired) electrons. The molecule has 6 nitrogen and oxygen atoms in total. The SMILES string of the molecule is CCS(=O)(=O)C(Cl)CNc1n[c]nc(F)n1. The van der Waals surface area contributed by atoms with Crippen molar-refractivity contribution >= 4 is 27.4 Å². The molecule has 1 atom stereocenters. The number of sulfone groups is 1. The molecule has 0 aromatic carbocycles. The maximum absolute atomic E-state index is 12.5. The highest BCUT2D eigenvalue weighted by Crippen LogP contribution is 2.08. The minimum absolute atomic E-state index is 0.0689. The quantitative estimate of drug-likeness (QED) is 0.769. The van der Waals surface area contributed by atoms with E-state index in [2.05, 4.69) is 20.3 Å². The van der Waals surface area contributed by atoms with E-state index >= 15 is 0 Å². The van der Waals surface area contributed by atoms with Gasteiger partial charge in [-0.3, -0.25) is 0 Å². The summed E-state index contributed by atoms with van der Waals surface area (Å²) in [6.07, 6.45) is 1.02. The summed E-state index contributed by atoms with van der Waals surface area (Å²) in [5, 5.41) is 2.48. The van der Waals surface area contributed by atoms with Crippen LogP contribution in [0.3, 0.4) is 0 Å². The van der Waals surface area contributed by atoms with Gasteiger partial charge in [0.2, 0.25) is 12.3 Å². The van der Waals surface area contributed by atoms with Crippen LogP contribution >= 0.6 is 11.6 Å². The molecule has 89 valence electrons. The van der Waals surface area contributed by atoms with E-state index in [0.717, 1.165) is 0 Å². The summed E-state index contributed by atoms with van der Waals surface area (Å²) in [6.45, 7) is 1.37. The second-order valence-corrected chi connectivity index (χ2v) is 6.03. The molecule has 0 amide bonds. The van der Waals surface area contributed by atoms with Gasteiger partial charge in [-0.2, -0.15) is 19.3 Å². The Hall–Kier alpha value is -1.02. The molecule has 0 saturated carbocycles. The van der Waals surface area contributed by atoms with Crippen molar-refractivity contribution in [1.29, 1.82) is 0 Å². The lowest BCUT2D eigenvalue weighted by molar-refractivity contribution is 0.532. The number of nitrogens with one attached hydrogen (secondary N) is 1. The van der Waals surface area contributed by atoms with E-state index in [-0.39, 0.29) is 18.2 Å². The Morgan fingerprint density at radius 3 is 2.81 bits per heavy atom. The van der Waals surface area contributed by atoms with E-state index in [1.54, 1.807) is 0 Å². The van der Waals surface area contributed by atoms with Gasteiger partial charge in [-0.15, -0.1) is 11.6 Å². The van der Waals surface area contributed by atoms with Gasteiger partial charge in [0, 0.05) is 12.3 Å². The molecule has 0 aliphatic heterocycles. The first-order valence-corrected chi connectivity index (χ1v) is 6.48. The molecule has 0 aliphatic rings. The van der Waals surface area contributed by atoms with Crippen molar-refractivity contribution in [1.82, 2.24) is 15.0 Å². The van der Waals surface area contributed by atoms with Gasteiger partial charge in [-0.25, -0.2) is 8.42 Å². The standard InChI is InChI=1S/C7H9ClFN4O2S/c1-2-16(14,15)5(8)3-10-7-12-4-11-6(9)13-7/h5H,2-3H2,1H3,(H,10,11,12,13). The van der Waals surface area contributed by atoms with E-state index in [1.165, 1.54) is 6.92 Å². The van der Waals surface area contributed by atoms with Gasteiger partial charge < -0.3 is 5.32 Å². The lowest BCUT2D eigenvalue weighted by Gasteiger charge is -2.09. The number of hydrogen-bond donors (Lipinski definition) is 1. The maximum atomic E-state index is 12.5. The van der Waals surface area contributed by atoms with Crippen molar-refractivity contribution in [2.75, 3.05) is 17.6 Å². The molecule has 1 aromatic heterocycles. The smallest absolute Gasteiger partial charge is 0.314 e. The summed E-state index contributed by atoms with van der Waals surface area (Å²) >= 11 is 5.64. The van der Waals surface area contributed by atoms with Gasteiger partial charge in [0.05, 0.1) is 0 Å². The Kier molecular flexibility index (Phi) is 4.36. The monoisotopic (exact) mass is 267 g/mol. The largest absolute Gasteiger partial charge is 0.351 e. The fourth-order valence-electron chi connectivity index (χ4n) is 0.809. The Morgan fingerprint density at radius 1 is 1.56 bits per heavy atom. The van der Waals surface area contributed by atoms with Crippen molar-refractivity contribution < 1.29 is 12.8 Å². The Labute approximate surface area is 97.2 Å². The summed E-state index contributed by atoms with van der Waals surface area (Å²) in [5.41, 5.74) is 0. The van der Waals surface area contributed by atoms with E-state index in [9.17, 15) is 12.8 Å². The van der Waals surface area contributed by atoms with Crippen LogP contribution < -0.4 is 5.32 Å². The van der Waals surface area contributed by atoms with Crippen LogP contribution in [0.4, 0.5) is 10.3 Å². The molecule has 1 heterocycles. The fraction of sp³-hybridized carbons (Fsp3) is 0.571. The highest BCUT2D eigenvalue weighted by Gasteiger charge is 2.20. The Balaban J connectivity index is 2.59. The third kappa shape index (κ3) is 3.53. The Bertz CT molecular complexity index is 455. The molecule has 0 saturated heterocycles.